The van der Waals surface area contributed by atoms with Crippen molar-refractivity contribution in [2.45, 2.75) is 72.4 Å². The molecule has 0 N–H and O–H groups in total. The van der Waals surface area contributed by atoms with Crippen LogP contribution in [0.1, 0.15) is 71.9 Å². The van der Waals surface area contributed by atoms with E-state index in [1.54, 1.807) is 0 Å². The first-order valence-corrected chi connectivity index (χ1v) is 11.9. The maximum atomic E-state index is 13.5. The fourth-order valence-corrected chi connectivity index (χ4v) is 5.63. The number of carbonyl (C=O) groups excluding carboxylic acids is 1. The summed E-state index contributed by atoms with van der Waals surface area (Å²) < 4.78 is 2.38. The van der Waals surface area contributed by atoms with E-state index in [2.05, 4.69) is 60.6 Å². The van der Waals surface area contributed by atoms with Crippen LogP contribution in [0.4, 0.5) is 5.82 Å². The summed E-state index contributed by atoms with van der Waals surface area (Å²) in [5, 5.41) is 1.20. The lowest BCUT2D eigenvalue weighted by atomic mass is 9.85. The zero-order valence-corrected chi connectivity index (χ0v) is 20.3. The molecule has 0 unspecified atom stereocenters. The summed E-state index contributed by atoms with van der Waals surface area (Å²) in [6, 6.07) is 10.8. The van der Waals surface area contributed by atoms with Gasteiger partial charge in [0.15, 0.2) is 11.6 Å². The molecule has 2 aromatic heterocycles. The third-order valence-corrected chi connectivity index (χ3v) is 7.57. The molecule has 0 saturated heterocycles. The average molecular weight is 452 g/mol. The second kappa shape index (κ2) is 9.27. The van der Waals surface area contributed by atoms with Crippen molar-refractivity contribution >= 4 is 34.9 Å². The summed E-state index contributed by atoms with van der Waals surface area (Å²) in [4.78, 5) is 20.9. The number of benzene rings is 1. The number of fused-ring (bicyclic) bond motifs is 2. The highest BCUT2D eigenvalue weighted by Crippen LogP contribution is 2.36. The Kier molecular flexibility index (Phi) is 6.62. The minimum atomic E-state index is 0. The summed E-state index contributed by atoms with van der Waals surface area (Å²) in [7, 11) is 0. The number of aromatic nitrogens is 2. The maximum absolute atomic E-state index is 13.5. The van der Waals surface area contributed by atoms with Crippen LogP contribution in [-0.2, 0) is 19.5 Å². The van der Waals surface area contributed by atoms with E-state index in [0.29, 0.717) is 5.69 Å². The Labute approximate surface area is 197 Å². The van der Waals surface area contributed by atoms with Gasteiger partial charge in [0.25, 0.3) is 0 Å². The minimum absolute atomic E-state index is 0. The van der Waals surface area contributed by atoms with Crippen molar-refractivity contribution in [2.24, 2.45) is 5.92 Å². The Balaban J connectivity index is 0.00000245. The fraction of sp³-hybridized carbons (Fsp3) is 0.481. The average Bonchev–Trinajstić information content (AvgIpc) is 3.07. The molecule has 170 valence electrons. The van der Waals surface area contributed by atoms with Crippen LogP contribution in [0, 0.1) is 19.8 Å². The Morgan fingerprint density at radius 1 is 1.09 bits per heavy atom. The molecule has 4 nitrogen and oxygen atoms in total. The van der Waals surface area contributed by atoms with Gasteiger partial charge in [-0.1, -0.05) is 43.5 Å². The van der Waals surface area contributed by atoms with Gasteiger partial charge in [0, 0.05) is 36.6 Å². The number of rotatable bonds is 4. The first kappa shape index (κ1) is 22.8. The van der Waals surface area contributed by atoms with Crippen molar-refractivity contribution in [3.63, 3.8) is 0 Å². The van der Waals surface area contributed by atoms with Crippen molar-refractivity contribution in [1.82, 2.24) is 9.55 Å². The summed E-state index contributed by atoms with van der Waals surface area (Å²) in [6.45, 7) is 9.28. The molecule has 32 heavy (non-hydrogen) atoms. The topological polar surface area (TPSA) is 38.1 Å². The molecule has 1 aliphatic heterocycles. The molecule has 1 aromatic carbocycles. The summed E-state index contributed by atoms with van der Waals surface area (Å²) >= 11 is 0. The Hall–Kier alpha value is -2.33. The molecule has 3 heterocycles. The number of nitrogens with zero attached hydrogens (tertiary/aromatic N) is 3. The number of anilines is 1. The highest BCUT2D eigenvalue weighted by Gasteiger charge is 2.28. The highest BCUT2D eigenvalue weighted by molar-refractivity contribution is 6.03. The van der Waals surface area contributed by atoms with Gasteiger partial charge in [0.2, 0.25) is 0 Å². The monoisotopic (exact) mass is 451 g/mol. The molecule has 0 bridgehead atoms. The van der Waals surface area contributed by atoms with Crippen LogP contribution in [0.2, 0.25) is 0 Å². The molecular weight excluding hydrogens is 418 g/mol. The van der Waals surface area contributed by atoms with Gasteiger partial charge < -0.3 is 9.47 Å². The van der Waals surface area contributed by atoms with Gasteiger partial charge in [-0.3, -0.25) is 4.79 Å². The number of halogens is 1. The molecule has 1 saturated carbocycles. The van der Waals surface area contributed by atoms with Crippen molar-refractivity contribution in [2.75, 3.05) is 11.4 Å². The Morgan fingerprint density at radius 3 is 2.53 bits per heavy atom. The lowest BCUT2D eigenvalue weighted by Crippen LogP contribution is -2.32. The van der Waals surface area contributed by atoms with Gasteiger partial charge in [0.1, 0.15) is 5.69 Å². The van der Waals surface area contributed by atoms with Crippen LogP contribution in [0.25, 0.3) is 10.9 Å². The Bertz CT molecular complexity index is 1140. The van der Waals surface area contributed by atoms with Gasteiger partial charge in [-0.2, -0.15) is 0 Å². The third-order valence-electron chi connectivity index (χ3n) is 7.57. The van der Waals surface area contributed by atoms with E-state index < -0.39 is 0 Å². The van der Waals surface area contributed by atoms with E-state index in [9.17, 15) is 4.79 Å². The smallest absolute Gasteiger partial charge is 0.184 e. The second-order valence-corrected chi connectivity index (χ2v) is 9.32. The van der Waals surface area contributed by atoms with Gasteiger partial charge in [-0.05, 0) is 62.8 Å². The molecule has 1 fully saturated rings. The van der Waals surface area contributed by atoms with E-state index in [0.717, 1.165) is 44.7 Å². The number of hydrogen-bond acceptors (Lipinski definition) is 3. The molecule has 0 spiro atoms. The summed E-state index contributed by atoms with van der Waals surface area (Å²) in [5.41, 5.74) is 7.22. The molecule has 1 aliphatic carbocycles. The highest BCUT2D eigenvalue weighted by atomic mass is 35.5. The normalized spacial score (nSPS) is 16.7. The number of Topliss-reactive ketones (excluding diaryl/α,β-unsaturated/α-hetero) is 1. The van der Waals surface area contributed by atoms with Gasteiger partial charge in [-0.15, -0.1) is 12.4 Å². The van der Waals surface area contributed by atoms with Crippen molar-refractivity contribution < 1.29 is 4.79 Å². The van der Waals surface area contributed by atoms with Gasteiger partial charge in [0.05, 0.1) is 5.52 Å². The quantitative estimate of drug-likeness (QED) is 0.429. The number of hydrogen-bond donors (Lipinski definition) is 0. The molecular formula is C27H34ClN3O. The number of ketones is 1. The third kappa shape index (κ3) is 3.83. The molecule has 3 aromatic rings. The summed E-state index contributed by atoms with van der Waals surface area (Å²) in [5.74, 6) is 1.38. The standard InChI is InChI=1S/C27H33N3O.ClH/c1-4-30-19(3)18(2)23-16-24(26(31)21-11-6-5-7-12-21)28-27(25(23)30)29-15-14-20-10-8-9-13-22(20)17-29;/h8-10,13,16,21H,4-7,11-12,14-15,17H2,1-3H3;1H. The number of aryl methyl sites for hydroxylation is 2. The van der Waals surface area contributed by atoms with Crippen LogP contribution in [0.3, 0.4) is 0 Å². The van der Waals surface area contributed by atoms with Gasteiger partial charge in [-0.25, -0.2) is 4.98 Å². The molecule has 0 radical (unpaired) electrons. The summed E-state index contributed by atoms with van der Waals surface area (Å²) in [6.07, 6.45) is 6.63. The molecule has 0 amide bonds. The van der Waals surface area contributed by atoms with Gasteiger partial charge >= 0.3 is 0 Å². The Morgan fingerprint density at radius 2 is 1.81 bits per heavy atom. The zero-order valence-electron chi connectivity index (χ0n) is 19.5. The first-order chi connectivity index (χ1) is 15.1. The molecule has 5 rings (SSSR count). The van der Waals surface area contributed by atoms with Crippen LogP contribution in [0.5, 0.6) is 0 Å². The number of pyridine rings is 1. The lowest BCUT2D eigenvalue weighted by molar-refractivity contribution is 0.0884. The van der Waals surface area contributed by atoms with E-state index in [1.807, 2.05) is 0 Å². The maximum Gasteiger partial charge on any atom is 0.184 e. The van der Waals surface area contributed by atoms with E-state index in [4.69, 9.17) is 4.98 Å². The van der Waals surface area contributed by atoms with Crippen LogP contribution in [0.15, 0.2) is 30.3 Å². The predicted octanol–water partition coefficient (Wildman–Crippen LogP) is 6.42. The minimum Gasteiger partial charge on any atom is -0.350 e. The van der Waals surface area contributed by atoms with E-state index in [-0.39, 0.29) is 24.1 Å². The van der Waals surface area contributed by atoms with Crippen LogP contribution in [-0.4, -0.2) is 21.9 Å². The van der Waals surface area contributed by atoms with Crippen LogP contribution < -0.4 is 4.90 Å². The molecule has 2 aliphatic rings. The van der Waals surface area contributed by atoms with E-state index in [1.165, 1.54) is 52.5 Å². The largest absolute Gasteiger partial charge is 0.350 e. The predicted molar refractivity (Wildman–Crippen MR) is 134 cm³/mol. The fourth-order valence-electron chi connectivity index (χ4n) is 5.63. The zero-order chi connectivity index (χ0) is 21.5. The first-order valence-electron chi connectivity index (χ1n) is 11.9. The van der Waals surface area contributed by atoms with E-state index >= 15 is 0 Å². The SMILES string of the molecule is CCn1c(C)c(C)c2cc(C(=O)C3CCCCC3)nc(N3CCc4ccccc4C3)c21.Cl. The van der Waals surface area contributed by atoms with Crippen molar-refractivity contribution in [1.29, 1.82) is 0 Å². The van der Waals surface area contributed by atoms with Crippen molar-refractivity contribution in [3.05, 3.63) is 58.4 Å². The lowest BCUT2D eigenvalue weighted by Gasteiger charge is -2.31. The molecule has 5 heteroatoms. The van der Waals surface area contributed by atoms with Crippen molar-refractivity contribution in [3.8, 4) is 0 Å². The number of carbonyl (C=O) groups is 1. The molecule has 0 atom stereocenters. The van der Waals surface area contributed by atoms with Crippen LogP contribution >= 0.6 is 12.4 Å². The second-order valence-electron chi connectivity index (χ2n) is 9.32.